The molecule has 0 saturated carbocycles. The molecule has 2 heterocycles. The van der Waals surface area contributed by atoms with Crippen LogP contribution in [0.3, 0.4) is 0 Å². The minimum absolute atomic E-state index is 0.0177. The molecule has 0 fully saturated rings. The maximum absolute atomic E-state index is 13.2. The maximum atomic E-state index is 13.2. The standard InChI is InChI=1S/C20H27N3O6S3/c1-4-21-17-13-23(10-7-11-29-3)32(27,28)20-16(17)12-18(30-20)31(25,26)22-19(24)15-9-6-5-8-14(15)2/h5-6,8-9,12,17,21H,4,7,10-11,13H2,1-3H3,(H,22,24)/t17-/m0/s1. The predicted molar refractivity (Wildman–Crippen MR) is 122 cm³/mol. The Balaban J connectivity index is 1.95. The fraction of sp³-hybridized carbons (Fsp3) is 0.450. The molecule has 32 heavy (non-hydrogen) atoms. The minimum atomic E-state index is -4.26. The molecule has 1 aromatic heterocycles. The van der Waals surface area contributed by atoms with Crippen molar-refractivity contribution in [2.45, 2.75) is 34.7 Å². The molecule has 1 amide bonds. The predicted octanol–water partition coefficient (Wildman–Crippen LogP) is 1.87. The van der Waals surface area contributed by atoms with Crippen LogP contribution < -0.4 is 10.0 Å². The van der Waals surface area contributed by atoms with Gasteiger partial charge in [-0.25, -0.2) is 21.6 Å². The molecule has 1 aliphatic heterocycles. The van der Waals surface area contributed by atoms with E-state index >= 15 is 0 Å². The summed E-state index contributed by atoms with van der Waals surface area (Å²) in [5, 5.41) is 3.22. The van der Waals surface area contributed by atoms with Crippen molar-refractivity contribution >= 4 is 37.3 Å². The Hall–Kier alpha value is -1.83. The van der Waals surface area contributed by atoms with Gasteiger partial charge < -0.3 is 10.1 Å². The Morgan fingerprint density at radius 3 is 2.69 bits per heavy atom. The third-order valence-corrected chi connectivity index (χ3v) is 10.5. The normalized spacial score (nSPS) is 18.3. The molecule has 0 bridgehead atoms. The van der Waals surface area contributed by atoms with E-state index in [9.17, 15) is 21.6 Å². The van der Waals surface area contributed by atoms with Gasteiger partial charge in [0.15, 0.2) is 0 Å². The molecular formula is C20H27N3O6S3. The third kappa shape index (κ3) is 5.05. The van der Waals surface area contributed by atoms with Gasteiger partial charge in [-0.05, 0) is 37.6 Å². The second-order valence-corrected chi connectivity index (χ2v) is 12.5. The van der Waals surface area contributed by atoms with Gasteiger partial charge in [-0.2, -0.15) is 4.31 Å². The molecular weight excluding hydrogens is 474 g/mol. The largest absolute Gasteiger partial charge is 0.385 e. The number of aryl methyl sites for hydroxylation is 1. The van der Waals surface area contributed by atoms with Crippen molar-refractivity contribution in [2.24, 2.45) is 0 Å². The van der Waals surface area contributed by atoms with E-state index in [-0.39, 0.29) is 33.1 Å². The van der Waals surface area contributed by atoms with Crippen LogP contribution in [0, 0.1) is 6.92 Å². The molecule has 176 valence electrons. The van der Waals surface area contributed by atoms with Gasteiger partial charge in [-0.3, -0.25) is 4.79 Å². The van der Waals surface area contributed by atoms with Gasteiger partial charge in [0.05, 0.1) is 0 Å². The Morgan fingerprint density at radius 1 is 1.31 bits per heavy atom. The molecule has 3 rings (SSSR count). The number of carbonyl (C=O) groups is 1. The smallest absolute Gasteiger partial charge is 0.273 e. The summed E-state index contributed by atoms with van der Waals surface area (Å²) < 4.78 is 60.4. The zero-order valence-electron chi connectivity index (χ0n) is 18.1. The van der Waals surface area contributed by atoms with E-state index in [1.807, 2.05) is 6.92 Å². The highest BCUT2D eigenvalue weighted by Gasteiger charge is 2.40. The third-order valence-electron chi connectivity index (χ3n) is 5.13. The highest BCUT2D eigenvalue weighted by Crippen LogP contribution is 2.40. The number of nitrogens with one attached hydrogen (secondary N) is 2. The van der Waals surface area contributed by atoms with Crippen molar-refractivity contribution in [1.29, 1.82) is 0 Å². The van der Waals surface area contributed by atoms with Gasteiger partial charge in [-0.1, -0.05) is 25.1 Å². The fourth-order valence-electron chi connectivity index (χ4n) is 3.53. The summed E-state index contributed by atoms with van der Waals surface area (Å²) in [4.78, 5) is 12.6. The van der Waals surface area contributed by atoms with E-state index in [0.717, 1.165) is 0 Å². The van der Waals surface area contributed by atoms with Gasteiger partial charge in [-0.15, -0.1) is 11.3 Å². The highest BCUT2D eigenvalue weighted by molar-refractivity contribution is 7.94. The van der Waals surface area contributed by atoms with Crippen LogP contribution in [0.4, 0.5) is 0 Å². The molecule has 1 aliphatic rings. The van der Waals surface area contributed by atoms with Crippen molar-refractivity contribution in [2.75, 3.05) is 33.4 Å². The van der Waals surface area contributed by atoms with Crippen LogP contribution in [0.25, 0.3) is 0 Å². The zero-order chi connectivity index (χ0) is 23.5. The van der Waals surface area contributed by atoms with Gasteiger partial charge >= 0.3 is 0 Å². The van der Waals surface area contributed by atoms with Gasteiger partial charge in [0.25, 0.3) is 26.0 Å². The molecule has 2 N–H and O–H groups in total. The molecule has 1 aromatic carbocycles. The average molecular weight is 502 g/mol. The monoisotopic (exact) mass is 501 g/mol. The van der Waals surface area contributed by atoms with Crippen LogP contribution in [0.15, 0.2) is 38.8 Å². The molecule has 0 aliphatic carbocycles. The van der Waals surface area contributed by atoms with E-state index in [2.05, 4.69) is 10.0 Å². The van der Waals surface area contributed by atoms with E-state index in [1.165, 1.54) is 16.4 Å². The number of hydrogen-bond acceptors (Lipinski definition) is 8. The fourth-order valence-corrected chi connectivity index (χ4v) is 8.38. The van der Waals surface area contributed by atoms with Gasteiger partial charge in [0, 0.05) is 44.0 Å². The first-order valence-electron chi connectivity index (χ1n) is 10.1. The summed E-state index contributed by atoms with van der Waals surface area (Å²) in [6.07, 6.45) is 0.521. The Kier molecular flexibility index (Phi) is 7.73. The van der Waals surface area contributed by atoms with E-state index in [0.29, 0.717) is 42.0 Å². The Morgan fingerprint density at radius 2 is 2.03 bits per heavy atom. The van der Waals surface area contributed by atoms with Gasteiger partial charge in [0.1, 0.15) is 8.42 Å². The first-order valence-corrected chi connectivity index (χ1v) is 13.8. The van der Waals surface area contributed by atoms with Crippen LogP contribution in [0.2, 0.25) is 0 Å². The summed E-state index contributed by atoms with van der Waals surface area (Å²) in [6.45, 7) is 5.06. The van der Waals surface area contributed by atoms with Crippen molar-refractivity contribution < 1.29 is 26.4 Å². The van der Waals surface area contributed by atoms with Crippen molar-refractivity contribution in [3.8, 4) is 0 Å². The molecule has 0 unspecified atom stereocenters. The number of methoxy groups -OCH3 is 1. The quantitative estimate of drug-likeness (QED) is 0.503. The Labute approximate surface area is 192 Å². The zero-order valence-corrected chi connectivity index (χ0v) is 20.6. The topological polar surface area (TPSA) is 122 Å². The molecule has 1 atom stereocenters. The second-order valence-electron chi connectivity index (χ2n) is 7.38. The number of benzene rings is 1. The van der Waals surface area contributed by atoms with Crippen molar-refractivity contribution in [3.05, 3.63) is 47.0 Å². The lowest BCUT2D eigenvalue weighted by atomic mass is 10.1. The van der Waals surface area contributed by atoms with Gasteiger partial charge in [0.2, 0.25) is 0 Å². The van der Waals surface area contributed by atoms with Crippen molar-refractivity contribution in [1.82, 2.24) is 14.3 Å². The number of amides is 1. The number of hydrogen-bond donors (Lipinski definition) is 2. The lowest BCUT2D eigenvalue weighted by Gasteiger charge is -2.32. The van der Waals surface area contributed by atoms with E-state index in [1.54, 1.807) is 32.2 Å². The molecule has 9 nitrogen and oxygen atoms in total. The van der Waals surface area contributed by atoms with E-state index in [4.69, 9.17) is 4.74 Å². The summed E-state index contributed by atoms with van der Waals surface area (Å²) in [7, 11) is -6.57. The number of rotatable bonds is 9. The van der Waals surface area contributed by atoms with Crippen molar-refractivity contribution in [3.63, 3.8) is 0 Å². The first-order chi connectivity index (χ1) is 15.1. The van der Waals surface area contributed by atoms with Crippen LogP contribution in [0.1, 0.15) is 40.9 Å². The Bertz CT molecular complexity index is 1190. The summed E-state index contributed by atoms with van der Waals surface area (Å²) in [5.74, 6) is -0.762. The van der Waals surface area contributed by atoms with Crippen LogP contribution in [-0.2, 0) is 24.8 Å². The second kappa shape index (κ2) is 9.98. The molecule has 0 radical (unpaired) electrons. The number of likely N-dealkylation sites (N-methyl/N-ethyl adjacent to an activating group) is 1. The number of ether oxygens (including phenoxy) is 1. The summed E-state index contributed by atoms with van der Waals surface area (Å²) >= 11 is 0.660. The molecule has 2 aromatic rings. The van der Waals surface area contributed by atoms with E-state index < -0.39 is 26.0 Å². The minimum Gasteiger partial charge on any atom is -0.385 e. The molecule has 0 spiro atoms. The number of nitrogens with zero attached hydrogens (tertiary/aromatic N) is 1. The number of sulfonamides is 2. The first kappa shape index (κ1) is 24.8. The average Bonchev–Trinajstić information content (AvgIpc) is 3.19. The highest BCUT2D eigenvalue weighted by atomic mass is 32.3. The van der Waals surface area contributed by atoms with Crippen LogP contribution in [-0.4, -0.2) is 60.4 Å². The lowest BCUT2D eigenvalue weighted by molar-refractivity contribution is 0.0981. The molecule has 12 heteroatoms. The summed E-state index contributed by atoms with van der Waals surface area (Å²) in [6, 6.07) is 7.63. The molecule has 0 saturated heterocycles. The number of fused-ring (bicyclic) bond motifs is 1. The number of carbonyl (C=O) groups excluding carboxylic acids is 1. The SMILES string of the molecule is CCN[C@H]1CN(CCCOC)S(=O)(=O)c2sc(S(=O)(=O)NC(=O)c3ccccc3C)cc21. The van der Waals surface area contributed by atoms with Crippen LogP contribution in [0.5, 0.6) is 0 Å². The number of thiophene rings is 1. The van der Waals surface area contributed by atoms with Crippen LogP contribution >= 0.6 is 11.3 Å². The summed E-state index contributed by atoms with van der Waals surface area (Å²) in [5.41, 5.74) is 1.27. The lowest BCUT2D eigenvalue weighted by Crippen LogP contribution is -2.43. The maximum Gasteiger partial charge on any atom is 0.273 e.